The van der Waals surface area contributed by atoms with Gasteiger partial charge in [-0.1, -0.05) is 78.4 Å². The van der Waals surface area contributed by atoms with Crippen LogP contribution in [0.15, 0.2) is 72.8 Å². The van der Waals surface area contributed by atoms with Gasteiger partial charge < -0.3 is 15.2 Å². The molecule has 1 atom stereocenters. The van der Waals surface area contributed by atoms with Gasteiger partial charge in [-0.25, -0.2) is 9.59 Å². The van der Waals surface area contributed by atoms with Crippen LogP contribution >= 0.6 is 0 Å². The van der Waals surface area contributed by atoms with Crippen molar-refractivity contribution in [3.63, 3.8) is 0 Å². The number of carboxylic acids is 1. The van der Waals surface area contributed by atoms with E-state index in [-0.39, 0.29) is 12.5 Å². The van der Waals surface area contributed by atoms with Crippen LogP contribution in [0.2, 0.25) is 0 Å². The number of carbonyl (C=O) groups is 2. The normalized spacial score (nSPS) is 13.2. The lowest BCUT2D eigenvalue weighted by Gasteiger charge is -2.17. The first-order chi connectivity index (χ1) is 15.0. The van der Waals surface area contributed by atoms with Crippen LogP contribution in [0.25, 0.3) is 11.1 Å². The second-order valence-corrected chi connectivity index (χ2v) is 7.88. The first-order valence-electron chi connectivity index (χ1n) is 10.4. The van der Waals surface area contributed by atoms with E-state index >= 15 is 0 Å². The lowest BCUT2D eigenvalue weighted by atomic mass is 9.98. The molecular weight excluding hydrogens is 390 g/mol. The van der Waals surface area contributed by atoms with Crippen LogP contribution in [0.5, 0.6) is 0 Å². The average Bonchev–Trinajstić information content (AvgIpc) is 3.10. The lowest BCUT2D eigenvalue weighted by molar-refractivity contribution is -0.139. The minimum absolute atomic E-state index is 0.0611. The minimum Gasteiger partial charge on any atom is -0.480 e. The summed E-state index contributed by atoms with van der Waals surface area (Å²) >= 11 is 0. The molecule has 0 saturated carbocycles. The number of carboxylic acid groups (broad SMARTS) is 1. The minimum atomic E-state index is -1.07. The maximum absolute atomic E-state index is 12.4. The van der Waals surface area contributed by atoms with E-state index in [9.17, 15) is 14.7 Å². The Labute approximate surface area is 181 Å². The first-order valence-corrected chi connectivity index (χ1v) is 10.4. The van der Waals surface area contributed by atoms with Crippen molar-refractivity contribution in [1.29, 1.82) is 0 Å². The van der Waals surface area contributed by atoms with Crippen molar-refractivity contribution in [2.45, 2.75) is 31.7 Å². The summed E-state index contributed by atoms with van der Waals surface area (Å²) in [7, 11) is 0. The Morgan fingerprint density at radius 2 is 1.52 bits per heavy atom. The third-order valence-corrected chi connectivity index (χ3v) is 5.78. The van der Waals surface area contributed by atoms with Crippen LogP contribution in [0.4, 0.5) is 4.79 Å². The first kappa shape index (κ1) is 20.7. The Kier molecular flexibility index (Phi) is 6.03. The quantitative estimate of drug-likeness (QED) is 0.574. The Balaban J connectivity index is 1.38. The summed E-state index contributed by atoms with van der Waals surface area (Å²) in [5.74, 6) is -1.13. The molecule has 0 heterocycles. The summed E-state index contributed by atoms with van der Waals surface area (Å²) < 4.78 is 5.47. The number of nitrogens with one attached hydrogen (secondary N) is 1. The highest BCUT2D eigenvalue weighted by atomic mass is 16.5. The molecule has 0 unspecified atom stereocenters. The molecule has 0 bridgehead atoms. The van der Waals surface area contributed by atoms with Crippen LogP contribution in [-0.4, -0.2) is 29.8 Å². The summed E-state index contributed by atoms with van der Waals surface area (Å²) in [6.07, 6.45) is 0.141. The van der Waals surface area contributed by atoms with Crippen molar-refractivity contribution in [3.8, 4) is 11.1 Å². The molecule has 3 aromatic carbocycles. The average molecular weight is 415 g/mol. The molecule has 31 heavy (non-hydrogen) atoms. The number of alkyl carbamates (subject to hydrolysis) is 1. The molecule has 0 saturated heterocycles. The summed E-state index contributed by atoms with van der Waals surface area (Å²) in [6, 6.07) is 23.1. The van der Waals surface area contributed by atoms with Crippen LogP contribution in [0, 0.1) is 6.92 Å². The Bertz CT molecular complexity index is 1050. The van der Waals surface area contributed by atoms with Crippen molar-refractivity contribution in [3.05, 3.63) is 95.1 Å². The molecule has 1 amide bonds. The zero-order valence-corrected chi connectivity index (χ0v) is 17.4. The van der Waals surface area contributed by atoms with Gasteiger partial charge in [-0.2, -0.15) is 0 Å². The van der Waals surface area contributed by atoms with E-state index < -0.39 is 18.1 Å². The molecule has 5 nitrogen and oxygen atoms in total. The number of hydrogen-bond donors (Lipinski definition) is 2. The summed E-state index contributed by atoms with van der Waals surface area (Å²) in [4.78, 5) is 24.0. The second-order valence-electron chi connectivity index (χ2n) is 7.88. The molecule has 0 fully saturated rings. The highest BCUT2D eigenvalue weighted by molar-refractivity contribution is 5.81. The molecular formula is C26H25NO4. The molecule has 5 heteroatoms. The highest BCUT2D eigenvalue weighted by Crippen LogP contribution is 2.44. The molecule has 0 aromatic heterocycles. The molecule has 0 radical (unpaired) electrons. The van der Waals surface area contributed by atoms with Crippen molar-refractivity contribution in [2.75, 3.05) is 6.61 Å². The molecule has 1 aliphatic rings. The fourth-order valence-corrected chi connectivity index (χ4v) is 4.11. The van der Waals surface area contributed by atoms with Gasteiger partial charge in [-0.15, -0.1) is 0 Å². The van der Waals surface area contributed by atoms with Gasteiger partial charge in [-0.3, -0.25) is 0 Å². The fourth-order valence-electron chi connectivity index (χ4n) is 4.11. The van der Waals surface area contributed by atoms with E-state index in [1.807, 2.05) is 67.6 Å². The molecule has 3 aromatic rings. The van der Waals surface area contributed by atoms with E-state index in [0.717, 1.165) is 33.4 Å². The van der Waals surface area contributed by atoms with Gasteiger partial charge in [0.25, 0.3) is 0 Å². The molecule has 2 N–H and O–H groups in total. The predicted molar refractivity (Wildman–Crippen MR) is 119 cm³/mol. The van der Waals surface area contributed by atoms with Crippen molar-refractivity contribution in [1.82, 2.24) is 5.32 Å². The van der Waals surface area contributed by atoms with E-state index in [2.05, 4.69) is 17.4 Å². The highest BCUT2D eigenvalue weighted by Gasteiger charge is 2.29. The van der Waals surface area contributed by atoms with Crippen LogP contribution in [0.3, 0.4) is 0 Å². The molecule has 0 aliphatic heterocycles. The van der Waals surface area contributed by atoms with Gasteiger partial charge >= 0.3 is 12.1 Å². The second kappa shape index (κ2) is 9.04. The standard InChI is InChI=1S/C26H25NO4/c1-17-10-12-18(13-11-17)14-15-24(25(28)29)27-26(30)31-16-23-21-8-4-2-6-19(21)20-7-3-5-9-22(20)23/h2-13,23-24H,14-16H2,1H3,(H,27,30)(H,28,29)/t24-/m0/s1. The van der Waals surface area contributed by atoms with Gasteiger partial charge in [0.05, 0.1) is 0 Å². The number of rotatable bonds is 7. The van der Waals surface area contributed by atoms with Crippen LogP contribution in [0.1, 0.15) is 34.6 Å². The summed E-state index contributed by atoms with van der Waals surface area (Å²) in [6.45, 7) is 2.16. The van der Waals surface area contributed by atoms with Gasteiger partial charge in [-0.05, 0) is 47.6 Å². The number of ether oxygens (including phenoxy) is 1. The number of aryl methyl sites for hydroxylation is 2. The maximum Gasteiger partial charge on any atom is 0.407 e. The number of carbonyl (C=O) groups excluding carboxylic acids is 1. The molecule has 1 aliphatic carbocycles. The fraction of sp³-hybridized carbons (Fsp3) is 0.231. The van der Waals surface area contributed by atoms with E-state index in [1.165, 1.54) is 0 Å². The Hall–Kier alpha value is -3.60. The SMILES string of the molecule is Cc1ccc(CC[C@H](NC(=O)OCC2c3ccccc3-c3ccccc32)C(=O)O)cc1. The smallest absolute Gasteiger partial charge is 0.407 e. The zero-order valence-electron chi connectivity index (χ0n) is 17.4. The van der Waals surface area contributed by atoms with Crippen LogP contribution in [-0.2, 0) is 16.0 Å². The maximum atomic E-state index is 12.4. The largest absolute Gasteiger partial charge is 0.480 e. The summed E-state index contributed by atoms with van der Waals surface area (Å²) in [5.41, 5.74) is 6.71. The van der Waals surface area contributed by atoms with Crippen molar-refractivity contribution in [2.24, 2.45) is 0 Å². The third kappa shape index (κ3) is 4.61. The van der Waals surface area contributed by atoms with Crippen LogP contribution < -0.4 is 5.32 Å². The summed E-state index contributed by atoms with van der Waals surface area (Å²) in [5, 5.41) is 12.0. The molecule has 158 valence electrons. The Morgan fingerprint density at radius 1 is 0.935 bits per heavy atom. The number of aliphatic carboxylic acids is 1. The van der Waals surface area contributed by atoms with Crippen molar-refractivity contribution >= 4 is 12.1 Å². The van der Waals surface area contributed by atoms with Gasteiger partial charge in [0, 0.05) is 5.92 Å². The number of amides is 1. The van der Waals surface area contributed by atoms with E-state index in [1.54, 1.807) is 0 Å². The van der Waals surface area contributed by atoms with Crippen molar-refractivity contribution < 1.29 is 19.4 Å². The number of hydrogen-bond acceptors (Lipinski definition) is 3. The molecule has 4 rings (SSSR count). The molecule has 0 spiro atoms. The van der Waals surface area contributed by atoms with E-state index in [0.29, 0.717) is 12.8 Å². The topological polar surface area (TPSA) is 75.6 Å². The lowest BCUT2D eigenvalue weighted by Crippen LogP contribution is -2.41. The number of fused-ring (bicyclic) bond motifs is 3. The van der Waals surface area contributed by atoms with E-state index in [4.69, 9.17) is 4.74 Å². The van der Waals surface area contributed by atoms with Gasteiger partial charge in [0.2, 0.25) is 0 Å². The predicted octanol–water partition coefficient (Wildman–Crippen LogP) is 4.92. The monoisotopic (exact) mass is 415 g/mol. The number of benzene rings is 3. The third-order valence-electron chi connectivity index (χ3n) is 5.78. The van der Waals surface area contributed by atoms with Gasteiger partial charge in [0.1, 0.15) is 12.6 Å². The zero-order chi connectivity index (χ0) is 21.8. The van der Waals surface area contributed by atoms with Gasteiger partial charge in [0.15, 0.2) is 0 Å². The Morgan fingerprint density at radius 3 is 2.10 bits per heavy atom.